The summed E-state index contributed by atoms with van der Waals surface area (Å²) in [6.07, 6.45) is -5.33. The van der Waals surface area contributed by atoms with E-state index in [9.17, 15) is 57.1 Å². The molecule has 23 rings (SSSR count). The SMILES string of the molecule is Cc1cc2c3cc(C(F)(F)F)c[c-]c3c3ncc(C)n3c2cc1C.Cc1ccc2c(c1)c1c(C)c(C(F)(F)F)c[c-]c1c1ncc(C)n21.Fc1c[c-]c2c(c1)c1cc(F)c(F)cc1n1c3ccccc3nc21.Fc1cc2nc3c4[c-]cccc4c4ccccc4n3c2cc1F.Fc1ccc2c(c1)c1ccc[c-]c1c1nc3ccc(F)cc3n21.[Ir].[Ir].[Ir].[Ir].[Ir]. The van der Waals surface area contributed by atoms with Gasteiger partial charge in [-0.3, -0.25) is 29.3 Å². The number of nitrogens with zero attached hydrogens (tertiary/aromatic N) is 10. The van der Waals surface area contributed by atoms with Gasteiger partial charge in [0.15, 0.2) is 23.3 Å². The number of pyridine rings is 5. The second kappa shape index (κ2) is 33.6. The van der Waals surface area contributed by atoms with E-state index in [-0.39, 0.29) is 118 Å². The van der Waals surface area contributed by atoms with E-state index >= 15 is 0 Å². The molecular weight excluding hydrogens is 2490 g/mol. The number of hydrogen-bond donors (Lipinski definition) is 0. The Balaban J connectivity index is 0.000000124. The maximum Gasteiger partial charge on any atom is 0.381 e. The number of hydrogen-bond acceptors (Lipinski definition) is 5. The van der Waals surface area contributed by atoms with Crippen LogP contribution >= 0.6 is 0 Å². The van der Waals surface area contributed by atoms with Crippen molar-refractivity contribution in [2.24, 2.45) is 0 Å². The normalized spacial score (nSPS) is 11.7. The standard InChI is InChI=1S/C19H8F3N2.2C19H14F3N2.2C19H9F2N2.5Ir/c20-10-5-6-11-12(7-10)13-8-14(21)15(22)9-18(13)24-17-4-2-1-3-16(17)23-19(11)24;1-10-4-7-16-14(8-10)17-12(3)15(19(20,21)22)6-5-13(17)18-23-9-11(2)24(16)18;1-10-6-16-15-8-13(19(20,21)22)4-5-14(15)18-23-9-12(3)24(18)17(16)7-11(10)2;20-14-9-16-18(10-15(14)21)23-17-8-4-3-6-12(17)11-5-1-2-7-13(11)19(23)22-16;20-11-6-8-17-15(9-11)13-3-1-2-4-14(13)19-22-16-7-5-12(21)10-18(16)23(17)19;;;;;/h1-5,7-9H;2*4,6-9H,1-3H3;1-6,8-10H;1-3,5-10H;;;;;/q5*-1;;;;;. The largest absolute Gasteiger partial charge is 0.381 e. The molecule has 28 heteroatoms. The Morgan fingerprint density at radius 3 is 1.43 bits per heavy atom. The summed E-state index contributed by atoms with van der Waals surface area (Å²) < 4.78 is 185. The Morgan fingerprint density at radius 2 is 0.756 bits per heavy atom. The molecule has 0 saturated carbocycles. The molecule has 5 radical (unpaired) electrons. The van der Waals surface area contributed by atoms with Gasteiger partial charge in [-0.25, -0.2) is 26.3 Å². The van der Waals surface area contributed by atoms with Crippen molar-refractivity contribution in [3.05, 3.63) is 334 Å². The molecule has 0 bridgehead atoms. The Bertz CT molecular complexity index is 8270. The van der Waals surface area contributed by atoms with Crippen LogP contribution in [-0.2, 0) is 113 Å². The predicted octanol–water partition coefficient (Wildman–Crippen LogP) is 25.5. The average Bonchev–Trinajstić information content (AvgIpc) is 1.67. The van der Waals surface area contributed by atoms with Crippen molar-refractivity contribution < 1.29 is 158 Å². The molecular formula is C95H54F13Ir5N10-5. The fraction of sp³-hybridized carbons (Fsp3) is 0.0842. The van der Waals surface area contributed by atoms with Gasteiger partial charge in [0.1, 0.15) is 11.6 Å². The molecule has 0 spiro atoms. The zero-order valence-corrected chi connectivity index (χ0v) is 76.3. The molecule has 0 aliphatic rings. The fourth-order valence-electron chi connectivity index (χ4n) is 16.3. The molecule has 23 aromatic rings. The third-order valence-corrected chi connectivity index (χ3v) is 21.8. The molecule has 0 saturated heterocycles. The van der Waals surface area contributed by atoms with Gasteiger partial charge >= 0.3 is 12.4 Å². The summed E-state index contributed by atoms with van der Waals surface area (Å²) in [4.78, 5) is 22.5. The maximum atomic E-state index is 13.9. The van der Waals surface area contributed by atoms with Gasteiger partial charge in [0, 0.05) is 176 Å². The summed E-state index contributed by atoms with van der Waals surface area (Å²) in [6.45, 7) is 11.3. The average molecular weight is 2540 g/mol. The first-order valence-electron chi connectivity index (χ1n) is 36.9. The van der Waals surface area contributed by atoms with Gasteiger partial charge < -0.3 is 22.0 Å². The fourth-order valence-corrected chi connectivity index (χ4v) is 16.3. The van der Waals surface area contributed by atoms with Crippen LogP contribution in [0.4, 0.5) is 57.1 Å². The van der Waals surface area contributed by atoms with Crippen LogP contribution in [0.5, 0.6) is 0 Å². The zero-order chi connectivity index (χ0) is 82.0. The summed E-state index contributed by atoms with van der Waals surface area (Å²) in [5.41, 5.74) is 14.7. The van der Waals surface area contributed by atoms with Gasteiger partial charge in [0.25, 0.3) is 0 Å². The quantitative estimate of drug-likeness (QED) is 0.0858. The van der Waals surface area contributed by atoms with Crippen molar-refractivity contribution in [3.8, 4) is 0 Å². The number of aromatic nitrogens is 10. The van der Waals surface area contributed by atoms with Crippen molar-refractivity contribution in [3.63, 3.8) is 0 Å². The van der Waals surface area contributed by atoms with Gasteiger partial charge in [0.2, 0.25) is 0 Å². The minimum atomic E-state index is -4.40. The van der Waals surface area contributed by atoms with Crippen LogP contribution in [0.2, 0.25) is 0 Å². The van der Waals surface area contributed by atoms with Crippen LogP contribution < -0.4 is 0 Å². The van der Waals surface area contributed by atoms with E-state index in [0.717, 1.165) is 129 Å². The first-order chi connectivity index (χ1) is 56.6. The Hall–Kier alpha value is -11.0. The molecule has 0 aliphatic carbocycles. The topological polar surface area (TPSA) is 86.5 Å². The Labute approximate surface area is 756 Å². The molecule has 0 unspecified atom stereocenters. The molecule has 0 amide bonds. The number of halogens is 13. The molecule has 10 nitrogen and oxygen atoms in total. The van der Waals surface area contributed by atoms with E-state index in [1.807, 2.05) is 161 Å². The van der Waals surface area contributed by atoms with Gasteiger partial charge in [-0.05, 0) is 157 Å². The van der Waals surface area contributed by atoms with Crippen LogP contribution in [0.15, 0.2) is 219 Å². The van der Waals surface area contributed by atoms with Gasteiger partial charge in [0.05, 0.1) is 61.3 Å². The summed E-state index contributed by atoms with van der Waals surface area (Å²) in [5, 5.41) is 10.6. The summed E-state index contributed by atoms with van der Waals surface area (Å²) in [5.74, 6) is -4.82. The summed E-state index contributed by atoms with van der Waals surface area (Å²) in [6, 6.07) is 70.6. The predicted molar refractivity (Wildman–Crippen MR) is 436 cm³/mol. The molecule has 13 aromatic carbocycles. The first kappa shape index (κ1) is 88.3. The number of imidazole rings is 5. The molecule has 10 heterocycles. The van der Waals surface area contributed by atoms with E-state index in [0.29, 0.717) is 99.0 Å². The van der Waals surface area contributed by atoms with Crippen molar-refractivity contribution in [1.82, 2.24) is 46.9 Å². The van der Waals surface area contributed by atoms with E-state index in [4.69, 9.17) is 0 Å². The van der Waals surface area contributed by atoms with Crippen molar-refractivity contribution in [2.75, 3.05) is 0 Å². The maximum absolute atomic E-state index is 13.9. The van der Waals surface area contributed by atoms with Crippen LogP contribution in [-0.4, -0.2) is 46.9 Å². The Kier molecular flexibility index (Phi) is 24.1. The monoisotopic (exact) mass is 2550 g/mol. The van der Waals surface area contributed by atoms with Crippen LogP contribution in [0.3, 0.4) is 0 Å². The molecule has 10 aromatic heterocycles. The molecule has 0 aliphatic heterocycles. The van der Waals surface area contributed by atoms with E-state index < -0.39 is 52.6 Å². The number of aryl methyl sites for hydroxylation is 6. The molecule has 123 heavy (non-hydrogen) atoms. The molecule has 0 N–H and O–H groups in total. The minimum Gasteiger partial charge on any atom is -0.338 e. The number of para-hydroxylation sites is 3. The van der Waals surface area contributed by atoms with Crippen LogP contribution in [0.1, 0.15) is 44.8 Å². The van der Waals surface area contributed by atoms with Crippen molar-refractivity contribution in [2.45, 2.75) is 53.9 Å². The van der Waals surface area contributed by atoms with E-state index in [1.165, 1.54) is 55.5 Å². The molecule has 0 fully saturated rings. The number of rotatable bonds is 0. The molecule has 625 valence electrons. The van der Waals surface area contributed by atoms with Gasteiger partial charge in [-0.15, -0.1) is 119 Å². The van der Waals surface area contributed by atoms with E-state index in [1.54, 1.807) is 35.0 Å². The number of alkyl halides is 6. The van der Waals surface area contributed by atoms with Crippen molar-refractivity contribution in [1.29, 1.82) is 0 Å². The number of benzene rings is 13. The Morgan fingerprint density at radius 1 is 0.301 bits per heavy atom. The van der Waals surface area contributed by atoms with Gasteiger partial charge in [-0.2, -0.15) is 26.3 Å². The van der Waals surface area contributed by atoms with E-state index in [2.05, 4.69) is 55.3 Å². The summed E-state index contributed by atoms with van der Waals surface area (Å²) >= 11 is 0. The second-order valence-corrected chi connectivity index (χ2v) is 29.0. The van der Waals surface area contributed by atoms with Gasteiger partial charge in [-0.1, -0.05) is 98.7 Å². The zero-order valence-electron chi connectivity index (χ0n) is 64.3. The molecule has 0 atom stereocenters. The van der Waals surface area contributed by atoms with Crippen LogP contribution in [0.25, 0.3) is 170 Å². The first-order valence-corrected chi connectivity index (χ1v) is 36.9. The summed E-state index contributed by atoms with van der Waals surface area (Å²) in [7, 11) is 0. The third-order valence-electron chi connectivity index (χ3n) is 21.8. The minimum absolute atomic E-state index is 0. The second-order valence-electron chi connectivity index (χ2n) is 29.0. The smallest absolute Gasteiger partial charge is 0.338 e. The van der Waals surface area contributed by atoms with Crippen LogP contribution in [0, 0.1) is 113 Å². The van der Waals surface area contributed by atoms with Crippen molar-refractivity contribution >= 4 is 170 Å². The number of fused-ring (bicyclic) bond motifs is 36. The third kappa shape index (κ3) is 15.0.